The van der Waals surface area contributed by atoms with Crippen molar-refractivity contribution in [3.05, 3.63) is 296 Å². The van der Waals surface area contributed by atoms with Gasteiger partial charge in [-0.15, -0.1) is 0 Å². The van der Waals surface area contributed by atoms with E-state index in [0.29, 0.717) is 0 Å². The van der Waals surface area contributed by atoms with Crippen molar-refractivity contribution in [3.8, 4) is 44.5 Å². The number of hydrogen-bond donors (Lipinski definition) is 0. The van der Waals surface area contributed by atoms with Gasteiger partial charge in [-0.3, -0.25) is 0 Å². The third-order valence-corrected chi connectivity index (χ3v) is 18.7. The van der Waals surface area contributed by atoms with Crippen molar-refractivity contribution in [1.82, 2.24) is 0 Å². The molecule has 17 rings (SSSR count). The van der Waals surface area contributed by atoms with Gasteiger partial charge in [0.1, 0.15) is 0 Å². The van der Waals surface area contributed by atoms with Crippen molar-refractivity contribution in [2.45, 2.75) is 55.3 Å². The van der Waals surface area contributed by atoms with Gasteiger partial charge < -0.3 is 4.90 Å². The van der Waals surface area contributed by atoms with Gasteiger partial charge in [0.05, 0.1) is 10.8 Å². The van der Waals surface area contributed by atoms with Crippen LogP contribution in [0.1, 0.15) is 100 Å². The Bertz CT molecular complexity index is 4060. The molecule has 0 amide bonds. The first-order valence-corrected chi connectivity index (χ1v) is 26.1. The van der Waals surface area contributed by atoms with Crippen LogP contribution >= 0.6 is 0 Å². The molecule has 8 aliphatic rings. The summed E-state index contributed by atoms with van der Waals surface area (Å²) in [5.74, 6) is 0.196. The van der Waals surface area contributed by atoms with Crippen molar-refractivity contribution < 1.29 is 0 Å². The first-order chi connectivity index (χ1) is 35.5. The first kappa shape index (κ1) is 39.5. The standard InChI is InChI=1S/C71H49N/c1-69(2)62-29-15-16-30-67(62)72-66-36-33-42(43-31-34-52-50-21-7-13-27-60(50)70(63(52)39-43)56-23-9-3-17-46(56)47-18-4-10-24-57(47)70)37-54(66)55-38-45(41-65(69)68(55)72)44-32-35-53-51-22-8-14-28-61(51)71(64(53)40-44)58-25-11-5-19-48(58)49-20-6-12-26-59(49)71/h3,5-17,19-37,39-41,55H,4,18,38H2,1-2H3. The summed E-state index contributed by atoms with van der Waals surface area (Å²) in [6.45, 7) is 4.91. The van der Waals surface area contributed by atoms with Crippen molar-refractivity contribution in [2.24, 2.45) is 0 Å². The van der Waals surface area contributed by atoms with E-state index in [9.17, 15) is 0 Å². The summed E-state index contributed by atoms with van der Waals surface area (Å²) in [6, 6.07) is 77.6. The molecule has 9 aromatic carbocycles. The largest absolute Gasteiger partial charge is 0.313 e. The predicted octanol–water partition coefficient (Wildman–Crippen LogP) is 17.4. The summed E-state index contributed by atoms with van der Waals surface area (Å²) in [4.78, 5) is 2.64. The number of fused-ring (bicyclic) bond motifs is 24. The number of benzene rings is 9. The van der Waals surface area contributed by atoms with E-state index in [1.54, 1.807) is 0 Å². The molecule has 0 aromatic heterocycles. The Morgan fingerprint density at radius 2 is 0.903 bits per heavy atom. The van der Waals surface area contributed by atoms with E-state index in [2.05, 4.69) is 237 Å². The molecule has 2 heterocycles. The highest BCUT2D eigenvalue weighted by atomic mass is 15.2. The van der Waals surface area contributed by atoms with Gasteiger partial charge >= 0.3 is 0 Å². The van der Waals surface area contributed by atoms with Gasteiger partial charge in [-0.2, -0.15) is 0 Å². The minimum Gasteiger partial charge on any atom is -0.313 e. The highest BCUT2D eigenvalue weighted by molar-refractivity contribution is 5.99. The zero-order valence-corrected chi connectivity index (χ0v) is 40.4. The fraction of sp³-hybridized carbons (Fsp3) is 0.127. The monoisotopic (exact) mass is 915 g/mol. The number of anilines is 2. The van der Waals surface area contributed by atoms with E-state index < -0.39 is 0 Å². The topological polar surface area (TPSA) is 3.24 Å². The lowest BCUT2D eigenvalue weighted by atomic mass is 9.67. The van der Waals surface area contributed by atoms with Crippen molar-refractivity contribution >= 4 is 22.5 Å². The Hall–Kier alpha value is -8.26. The summed E-state index contributed by atoms with van der Waals surface area (Å²) in [5, 5.41) is 0. The van der Waals surface area contributed by atoms with Crippen LogP contribution in [-0.4, -0.2) is 0 Å². The second-order valence-corrected chi connectivity index (χ2v) is 22.1. The Kier molecular flexibility index (Phi) is 7.44. The summed E-state index contributed by atoms with van der Waals surface area (Å²) in [7, 11) is 0. The van der Waals surface area contributed by atoms with Crippen molar-refractivity contribution in [3.63, 3.8) is 0 Å². The summed E-state index contributed by atoms with van der Waals surface area (Å²) in [6.07, 6.45) is 10.6. The number of hydrogen-bond acceptors (Lipinski definition) is 1. The van der Waals surface area contributed by atoms with Gasteiger partial charge in [0, 0.05) is 28.4 Å². The second kappa shape index (κ2) is 13.6. The molecule has 0 saturated heterocycles. The molecule has 1 heteroatoms. The SMILES string of the molecule is CC1(C)C2=C3C(CC(c4ccc5c(c4)C4(c6ccccc6-c6ccccc64)c4ccccc4-5)=C2)c2cc(-c4ccc5c(c4)C4(C6=C(CCC=C6)c6ccccc64)c4ccccc4-5)ccc2N3c2ccccc21. The number of rotatable bonds is 2. The molecule has 2 unspecified atom stereocenters. The van der Waals surface area contributed by atoms with Crippen LogP contribution in [0.25, 0.3) is 55.7 Å². The van der Waals surface area contributed by atoms with E-state index in [4.69, 9.17) is 0 Å². The zero-order chi connectivity index (χ0) is 47.2. The minimum absolute atomic E-state index is 0.196. The lowest BCUT2D eigenvalue weighted by Crippen LogP contribution is -2.34. The quantitative estimate of drug-likeness (QED) is 0.167. The van der Waals surface area contributed by atoms with Gasteiger partial charge in [-0.05, 0) is 178 Å². The van der Waals surface area contributed by atoms with Crippen LogP contribution in [0.15, 0.2) is 235 Å². The molecule has 0 saturated carbocycles. The van der Waals surface area contributed by atoms with Crippen molar-refractivity contribution in [2.75, 3.05) is 4.90 Å². The van der Waals surface area contributed by atoms with Gasteiger partial charge in [0.2, 0.25) is 0 Å². The normalized spacial score (nSPS) is 20.5. The maximum atomic E-state index is 2.64. The average Bonchev–Trinajstić information content (AvgIpc) is 4.20. The molecule has 2 spiro atoms. The van der Waals surface area contributed by atoms with E-state index in [1.165, 1.54) is 145 Å². The molecule has 72 heavy (non-hydrogen) atoms. The smallest absolute Gasteiger partial charge is 0.0725 e. The van der Waals surface area contributed by atoms with Crippen LogP contribution in [0.5, 0.6) is 0 Å². The lowest BCUT2D eigenvalue weighted by Gasteiger charge is -2.43. The molecule has 1 nitrogen and oxygen atoms in total. The summed E-state index contributed by atoms with van der Waals surface area (Å²) in [5.41, 5.74) is 35.0. The molecular weight excluding hydrogens is 867 g/mol. The predicted molar refractivity (Wildman–Crippen MR) is 296 cm³/mol. The maximum absolute atomic E-state index is 2.64. The molecule has 6 aliphatic carbocycles. The van der Waals surface area contributed by atoms with Crippen LogP contribution < -0.4 is 4.90 Å². The van der Waals surface area contributed by atoms with E-state index in [-0.39, 0.29) is 22.2 Å². The number of nitrogens with zero attached hydrogens (tertiary/aromatic N) is 1. The molecule has 2 aliphatic heterocycles. The maximum Gasteiger partial charge on any atom is 0.0725 e. The fourth-order valence-electron chi connectivity index (χ4n) is 15.8. The van der Waals surface area contributed by atoms with E-state index in [1.807, 2.05) is 0 Å². The van der Waals surface area contributed by atoms with Gasteiger partial charge in [0.25, 0.3) is 0 Å². The molecule has 9 aromatic rings. The second-order valence-electron chi connectivity index (χ2n) is 22.1. The van der Waals surface area contributed by atoms with E-state index in [0.717, 1.165) is 19.3 Å². The average molecular weight is 916 g/mol. The fourth-order valence-corrected chi connectivity index (χ4v) is 15.8. The third kappa shape index (κ3) is 4.55. The molecule has 2 atom stereocenters. The van der Waals surface area contributed by atoms with Crippen LogP contribution in [0.4, 0.5) is 11.4 Å². The van der Waals surface area contributed by atoms with E-state index >= 15 is 0 Å². The Balaban J connectivity index is 0.846. The minimum atomic E-state index is -0.384. The van der Waals surface area contributed by atoms with Crippen LogP contribution in [0, 0.1) is 0 Å². The van der Waals surface area contributed by atoms with Crippen LogP contribution in [-0.2, 0) is 16.2 Å². The molecule has 0 radical (unpaired) electrons. The Morgan fingerprint density at radius 3 is 1.56 bits per heavy atom. The molecule has 0 fully saturated rings. The highest BCUT2D eigenvalue weighted by Crippen LogP contribution is 2.67. The van der Waals surface area contributed by atoms with Gasteiger partial charge in [-0.1, -0.05) is 202 Å². The first-order valence-electron chi connectivity index (χ1n) is 26.1. The number of allylic oxidation sites excluding steroid dienone is 8. The molecular formula is C71H49N. The lowest BCUT2D eigenvalue weighted by molar-refractivity contribution is 0.600. The molecule has 0 bridgehead atoms. The third-order valence-electron chi connectivity index (χ3n) is 18.7. The van der Waals surface area contributed by atoms with Crippen molar-refractivity contribution in [1.29, 1.82) is 0 Å². The molecule has 338 valence electrons. The van der Waals surface area contributed by atoms with Crippen LogP contribution in [0.3, 0.4) is 0 Å². The summed E-state index contributed by atoms with van der Waals surface area (Å²) < 4.78 is 0. The van der Waals surface area contributed by atoms with Gasteiger partial charge in [0.15, 0.2) is 0 Å². The Labute approximate surface area is 421 Å². The zero-order valence-electron chi connectivity index (χ0n) is 40.4. The Morgan fingerprint density at radius 1 is 0.417 bits per heavy atom. The number of para-hydroxylation sites is 1. The molecule has 0 N–H and O–H groups in total. The van der Waals surface area contributed by atoms with Crippen LogP contribution in [0.2, 0.25) is 0 Å². The van der Waals surface area contributed by atoms with Gasteiger partial charge in [-0.25, -0.2) is 0 Å². The highest BCUT2D eigenvalue weighted by Gasteiger charge is 2.54. The summed E-state index contributed by atoms with van der Waals surface area (Å²) >= 11 is 0.